The van der Waals surface area contributed by atoms with Crippen LogP contribution in [0.3, 0.4) is 0 Å². The van der Waals surface area contributed by atoms with Crippen molar-refractivity contribution in [2.24, 2.45) is 5.92 Å². The first-order chi connectivity index (χ1) is 9.45. The van der Waals surface area contributed by atoms with Crippen molar-refractivity contribution in [1.29, 1.82) is 0 Å². The third-order valence-electron chi connectivity index (χ3n) is 3.77. The Hall–Kier alpha value is -1.98. The minimum absolute atomic E-state index is 0.0736. The molecule has 0 spiro atoms. The quantitative estimate of drug-likeness (QED) is 0.829. The van der Waals surface area contributed by atoms with Crippen LogP contribution in [0.2, 0.25) is 0 Å². The SMILES string of the molecule is CC(O)(CO)C1=CC2C(=O)c3ccccc3C(=O)C2O1. The highest BCUT2D eigenvalue weighted by Crippen LogP contribution is 2.37. The van der Waals surface area contributed by atoms with Gasteiger partial charge in [0, 0.05) is 11.1 Å². The van der Waals surface area contributed by atoms with Gasteiger partial charge in [-0.3, -0.25) is 9.59 Å². The Kier molecular flexibility index (Phi) is 2.77. The molecule has 2 aliphatic rings. The zero-order chi connectivity index (χ0) is 14.5. The van der Waals surface area contributed by atoms with Crippen molar-refractivity contribution >= 4 is 11.6 Å². The topological polar surface area (TPSA) is 83.8 Å². The molecule has 3 unspecified atom stereocenters. The van der Waals surface area contributed by atoms with E-state index in [1.165, 1.54) is 13.0 Å². The Balaban J connectivity index is 2.04. The fraction of sp³-hybridized carbons (Fsp3) is 0.333. The van der Waals surface area contributed by atoms with E-state index in [4.69, 9.17) is 9.84 Å². The van der Waals surface area contributed by atoms with Crippen molar-refractivity contribution in [3.05, 3.63) is 47.2 Å². The minimum Gasteiger partial charge on any atom is -0.483 e. The highest BCUT2D eigenvalue weighted by molar-refractivity contribution is 6.18. The lowest BCUT2D eigenvalue weighted by atomic mass is 9.80. The monoisotopic (exact) mass is 274 g/mol. The van der Waals surface area contributed by atoms with E-state index in [2.05, 4.69) is 0 Å². The first-order valence-electron chi connectivity index (χ1n) is 6.35. The van der Waals surface area contributed by atoms with Crippen LogP contribution in [0.4, 0.5) is 0 Å². The minimum atomic E-state index is -1.59. The molecule has 20 heavy (non-hydrogen) atoms. The molecule has 1 aromatic carbocycles. The second-order valence-electron chi connectivity index (χ2n) is 5.30. The Morgan fingerprint density at radius 1 is 1.20 bits per heavy atom. The lowest BCUT2D eigenvalue weighted by Gasteiger charge is -2.26. The summed E-state index contributed by atoms with van der Waals surface area (Å²) in [5.41, 5.74) is -0.870. The van der Waals surface area contributed by atoms with Gasteiger partial charge in [0.2, 0.25) is 5.78 Å². The lowest BCUT2D eigenvalue weighted by Crippen LogP contribution is -2.39. The number of aliphatic hydroxyl groups is 2. The van der Waals surface area contributed by atoms with Crippen LogP contribution in [0.1, 0.15) is 27.6 Å². The Morgan fingerprint density at radius 3 is 2.40 bits per heavy atom. The van der Waals surface area contributed by atoms with Crippen LogP contribution in [0.25, 0.3) is 0 Å². The molecule has 0 amide bonds. The summed E-state index contributed by atoms with van der Waals surface area (Å²) < 4.78 is 5.44. The molecule has 1 aliphatic carbocycles. The maximum absolute atomic E-state index is 12.4. The molecule has 2 N–H and O–H groups in total. The van der Waals surface area contributed by atoms with Crippen molar-refractivity contribution < 1.29 is 24.5 Å². The van der Waals surface area contributed by atoms with Gasteiger partial charge in [0.25, 0.3) is 0 Å². The Morgan fingerprint density at radius 2 is 1.80 bits per heavy atom. The highest BCUT2D eigenvalue weighted by atomic mass is 16.5. The molecule has 104 valence electrons. The molecular weight excluding hydrogens is 260 g/mol. The number of rotatable bonds is 2. The number of carbonyl (C=O) groups excluding carboxylic acids is 2. The van der Waals surface area contributed by atoms with Gasteiger partial charge in [-0.25, -0.2) is 0 Å². The van der Waals surface area contributed by atoms with Gasteiger partial charge in [-0.2, -0.15) is 0 Å². The molecule has 5 nitrogen and oxygen atoms in total. The molecule has 0 fully saturated rings. The summed E-state index contributed by atoms with van der Waals surface area (Å²) in [4.78, 5) is 24.7. The molecule has 1 aromatic rings. The normalized spacial score (nSPS) is 27.2. The van der Waals surface area contributed by atoms with E-state index in [1.54, 1.807) is 24.3 Å². The van der Waals surface area contributed by atoms with Gasteiger partial charge in [-0.05, 0) is 13.0 Å². The average molecular weight is 274 g/mol. The van der Waals surface area contributed by atoms with Crippen molar-refractivity contribution in [3.8, 4) is 0 Å². The third kappa shape index (κ3) is 1.71. The van der Waals surface area contributed by atoms with Crippen LogP contribution in [-0.2, 0) is 4.74 Å². The number of ketones is 2. The van der Waals surface area contributed by atoms with Crippen LogP contribution in [0, 0.1) is 5.92 Å². The third-order valence-corrected chi connectivity index (χ3v) is 3.77. The molecule has 0 aromatic heterocycles. The summed E-state index contributed by atoms with van der Waals surface area (Å²) in [7, 11) is 0. The predicted octanol–water partition coefficient (Wildman–Crippen LogP) is 0.708. The van der Waals surface area contributed by atoms with Crippen LogP contribution < -0.4 is 0 Å². The van der Waals surface area contributed by atoms with Gasteiger partial charge in [0.1, 0.15) is 11.4 Å². The second-order valence-corrected chi connectivity index (χ2v) is 5.30. The van der Waals surface area contributed by atoms with Crippen LogP contribution in [-0.4, -0.2) is 40.1 Å². The molecule has 5 heteroatoms. The number of ether oxygens (including phenoxy) is 1. The van der Waals surface area contributed by atoms with Gasteiger partial charge in [-0.1, -0.05) is 24.3 Å². The maximum Gasteiger partial charge on any atom is 0.205 e. The highest BCUT2D eigenvalue weighted by Gasteiger charge is 2.48. The number of Topliss-reactive ketones (excluding diaryl/α,β-unsaturated/α-hetero) is 2. The summed E-state index contributed by atoms with van der Waals surface area (Å²) in [6, 6.07) is 6.60. The number of aliphatic hydroxyl groups excluding tert-OH is 1. The molecule has 3 atom stereocenters. The first-order valence-corrected chi connectivity index (χ1v) is 6.35. The predicted molar refractivity (Wildman–Crippen MR) is 69.3 cm³/mol. The first kappa shape index (κ1) is 13.0. The van der Waals surface area contributed by atoms with Crippen LogP contribution in [0.15, 0.2) is 36.1 Å². The van der Waals surface area contributed by atoms with Crippen molar-refractivity contribution in [2.45, 2.75) is 18.6 Å². The van der Waals surface area contributed by atoms with Gasteiger partial charge < -0.3 is 14.9 Å². The van der Waals surface area contributed by atoms with E-state index in [0.717, 1.165) is 0 Å². The largest absolute Gasteiger partial charge is 0.483 e. The maximum atomic E-state index is 12.4. The summed E-state index contributed by atoms with van der Waals surface area (Å²) in [5, 5.41) is 19.1. The second kappa shape index (κ2) is 4.26. The molecule has 0 saturated carbocycles. The average Bonchev–Trinajstić information content (AvgIpc) is 2.91. The number of hydrogen-bond donors (Lipinski definition) is 2. The van der Waals surface area contributed by atoms with E-state index < -0.39 is 24.2 Å². The number of fused-ring (bicyclic) bond motifs is 2. The van der Waals surface area contributed by atoms with Crippen LogP contribution in [0.5, 0.6) is 0 Å². The van der Waals surface area contributed by atoms with Crippen LogP contribution >= 0.6 is 0 Å². The van der Waals surface area contributed by atoms with Crippen molar-refractivity contribution in [3.63, 3.8) is 0 Å². The number of carbonyl (C=O) groups is 2. The van der Waals surface area contributed by atoms with Gasteiger partial charge in [0.05, 0.1) is 12.5 Å². The Labute approximate surface area is 115 Å². The Bertz CT molecular complexity index is 629. The molecule has 0 bridgehead atoms. The van der Waals surface area contributed by atoms with Gasteiger partial charge in [0.15, 0.2) is 11.9 Å². The van der Waals surface area contributed by atoms with E-state index in [0.29, 0.717) is 11.1 Å². The summed E-state index contributed by atoms with van der Waals surface area (Å²) in [6.07, 6.45) is 0.502. The van der Waals surface area contributed by atoms with E-state index >= 15 is 0 Å². The summed E-state index contributed by atoms with van der Waals surface area (Å²) in [5.74, 6) is -1.13. The van der Waals surface area contributed by atoms with Gasteiger partial charge in [-0.15, -0.1) is 0 Å². The molecule has 0 saturated heterocycles. The van der Waals surface area contributed by atoms with Crippen molar-refractivity contribution in [1.82, 2.24) is 0 Å². The smallest absolute Gasteiger partial charge is 0.205 e. The fourth-order valence-corrected chi connectivity index (χ4v) is 2.56. The molecule has 1 aliphatic heterocycles. The molecule has 0 radical (unpaired) electrons. The summed E-state index contributed by atoms with van der Waals surface area (Å²) in [6.45, 7) is 0.825. The van der Waals surface area contributed by atoms with E-state index in [-0.39, 0.29) is 17.3 Å². The van der Waals surface area contributed by atoms with E-state index in [1.807, 2.05) is 0 Å². The number of benzene rings is 1. The van der Waals surface area contributed by atoms with Gasteiger partial charge >= 0.3 is 0 Å². The standard InChI is InChI=1S/C15H14O5/c1-15(19,7-16)11-6-10-12(17)8-4-2-3-5-9(8)13(18)14(10)20-11/h2-6,10,14,16,19H,7H2,1H3. The fourth-order valence-electron chi connectivity index (χ4n) is 2.56. The lowest BCUT2D eigenvalue weighted by molar-refractivity contribution is -0.0243. The molecule has 3 rings (SSSR count). The number of hydrogen-bond acceptors (Lipinski definition) is 5. The molecular formula is C15H14O5. The summed E-state index contributed by atoms with van der Waals surface area (Å²) >= 11 is 0. The van der Waals surface area contributed by atoms with Crippen molar-refractivity contribution in [2.75, 3.05) is 6.61 Å². The zero-order valence-corrected chi connectivity index (χ0v) is 10.9. The molecule has 1 heterocycles. The van der Waals surface area contributed by atoms with E-state index in [9.17, 15) is 14.7 Å². The zero-order valence-electron chi connectivity index (χ0n) is 10.9.